The SMILES string of the molecule is CC(C)(C)S(=O)NC(COC(C)(C)C(F)(F)F)c1nc2cc(C3OCCO3)ccc2n1COCC[Si](C)(C)C. The molecule has 2 heterocycles. The zero-order chi connectivity index (χ0) is 29.2. The van der Waals surface area contributed by atoms with E-state index in [2.05, 4.69) is 24.4 Å². The summed E-state index contributed by atoms with van der Waals surface area (Å²) in [5.41, 5.74) is -0.305. The van der Waals surface area contributed by atoms with Gasteiger partial charge in [0.05, 0.1) is 46.6 Å². The molecule has 0 spiro atoms. The number of imidazole rings is 1. The molecule has 0 aliphatic carbocycles. The van der Waals surface area contributed by atoms with Gasteiger partial charge in [0.25, 0.3) is 0 Å². The molecule has 1 saturated heterocycles. The summed E-state index contributed by atoms with van der Waals surface area (Å²) in [7, 11) is -2.95. The van der Waals surface area contributed by atoms with E-state index in [-0.39, 0.29) is 6.73 Å². The minimum atomic E-state index is -4.59. The maximum Gasteiger partial charge on any atom is 0.416 e. The third-order valence-corrected chi connectivity index (χ3v) is 9.64. The number of benzene rings is 1. The summed E-state index contributed by atoms with van der Waals surface area (Å²) in [5.74, 6) is 0.374. The maximum atomic E-state index is 13.6. The normalized spacial score (nSPS) is 17.7. The number of ether oxygens (including phenoxy) is 4. The van der Waals surface area contributed by atoms with Crippen LogP contribution in [-0.2, 0) is 36.7 Å². The molecule has 222 valence electrons. The van der Waals surface area contributed by atoms with Gasteiger partial charge < -0.3 is 23.5 Å². The van der Waals surface area contributed by atoms with E-state index in [0.29, 0.717) is 31.2 Å². The molecule has 0 bridgehead atoms. The standard InChI is InChI=1S/C26H42F3N3O5SSi/c1-24(2,3)38(33)31-20(16-37-25(4,5)26(27,28)29)22-30-19-15-18(23-35-11-12-36-23)9-10-21(19)32(22)17-34-13-14-39(6,7)8/h9-10,15,20,23,31H,11-14,16-17H2,1-8H3. The second-order valence-electron chi connectivity index (χ2n) is 12.4. The Labute approximate surface area is 232 Å². The van der Waals surface area contributed by atoms with Crippen LogP contribution in [0.4, 0.5) is 13.2 Å². The topological polar surface area (TPSA) is 83.8 Å². The van der Waals surface area contributed by atoms with Crippen molar-refractivity contribution in [3.8, 4) is 0 Å². The molecule has 2 aromatic rings. The number of nitrogens with one attached hydrogen (secondary N) is 1. The van der Waals surface area contributed by atoms with Crippen molar-refractivity contribution in [1.82, 2.24) is 14.3 Å². The van der Waals surface area contributed by atoms with E-state index in [1.165, 1.54) is 0 Å². The average Bonchev–Trinajstić information content (AvgIpc) is 3.45. The van der Waals surface area contributed by atoms with Gasteiger partial charge in [-0.25, -0.2) is 13.9 Å². The summed E-state index contributed by atoms with van der Waals surface area (Å²) in [6.07, 6.45) is -5.09. The molecule has 2 unspecified atom stereocenters. The monoisotopic (exact) mass is 593 g/mol. The highest BCUT2D eigenvalue weighted by Crippen LogP contribution is 2.35. The number of aromatic nitrogens is 2. The van der Waals surface area contributed by atoms with Gasteiger partial charge in [0.2, 0.25) is 0 Å². The predicted molar refractivity (Wildman–Crippen MR) is 148 cm³/mol. The first-order valence-corrected chi connectivity index (χ1v) is 17.9. The lowest BCUT2D eigenvalue weighted by Crippen LogP contribution is -2.45. The second-order valence-corrected chi connectivity index (χ2v) is 20.1. The molecule has 0 saturated carbocycles. The highest BCUT2D eigenvalue weighted by atomic mass is 32.2. The zero-order valence-corrected chi connectivity index (χ0v) is 25.9. The summed E-state index contributed by atoms with van der Waals surface area (Å²) in [5, 5.41) is 0. The van der Waals surface area contributed by atoms with Crippen molar-refractivity contribution in [3.05, 3.63) is 29.6 Å². The highest BCUT2D eigenvalue weighted by molar-refractivity contribution is 7.84. The summed E-state index contributed by atoms with van der Waals surface area (Å²) < 4.78 is 80.8. The van der Waals surface area contributed by atoms with E-state index in [9.17, 15) is 17.4 Å². The molecule has 1 fully saturated rings. The maximum absolute atomic E-state index is 13.6. The minimum Gasteiger partial charge on any atom is -0.364 e. The van der Waals surface area contributed by atoms with E-state index in [0.717, 1.165) is 31.0 Å². The number of alkyl halides is 3. The molecular weight excluding hydrogens is 551 g/mol. The largest absolute Gasteiger partial charge is 0.416 e. The molecule has 13 heteroatoms. The number of fused-ring (bicyclic) bond motifs is 1. The Morgan fingerprint density at radius 1 is 1.15 bits per heavy atom. The first-order valence-electron chi connectivity index (χ1n) is 13.1. The molecule has 8 nitrogen and oxygen atoms in total. The van der Waals surface area contributed by atoms with Crippen LogP contribution in [0, 0.1) is 0 Å². The van der Waals surface area contributed by atoms with Crippen molar-refractivity contribution in [2.24, 2.45) is 0 Å². The molecule has 1 aliphatic rings. The van der Waals surface area contributed by atoms with Crippen LogP contribution in [-0.4, -0.2) is 64.8 Å². The van der Waals surface area contributed by atoms with Gasteiger partial charge in [-0.15, -0.1) is 0 Å². The quantitative estimate of drug-likeness (QED) is 0.246. The summed E-state index contributed by atoms with van der Waals surface area (Å²) in [4.78, 5) is 4.79. The number of rotatable bonds is 12. The van der Waals surface area contributed by atoms with Crippen LogP contribution >= 0.6 is 0 Å². The van der Waals surface area contributed by atoms with Gasteiger partial charge in [-0.05, 0) is 52.8 Å². The Kier molecular flexibility index (Phi) is 10.1. The van der Waals surface area contributed by atoms with Gasteiger partial charge in [0, 0.05) is 20.2 Å². The van der Waals surface area contributed by atoms with Crippen molar-refractivity contribution in [3.63, 3.8) is 0 Å². The number of hydrogen-bond donors (Lipinski definition) is 1. The predicted octanol–water partition coefficient (Wildman–Crippen LogP) is 5.84. The molecule has 1 aromatic heterocycles. The molecule has 3 rings (SSSR count). The molecule has 1 aliphatic heterocycles. The van der Waals surface area contributed by atoms with Crippen LogP contribution < -0.4 is 4.72 Å². The number of nitrogens with zero attached hydrogens (tertiary/aromatic N) is 2. The third-order valence-electron chi connectivity index (χ3n) is 6.32. The molecule has 1 aromatic carbocycles. The zero-order valence-electron chi connectivity index (χ0n) is 24.1. The van der Waals surface area contributed by atoms with Gasteiger partial charge in [-0.3, -0.25) is 0 Å². The van der Waals surface area contributed by atoms with Crippen molar-refractivity contribution in [2.45, 2.75) is 95.9 Å². The summed E-state index contributed by atoms with van der Waals surface area (Å²) in [6, 6.07) is 5.62. The lowest BCUT2D eigenvalue weighted by atomic mass is 10.1. The summed E-state index contributed by atoms with van der Waals surface area (Å²) in [6.45, 7) is 15.3. The fourth-order valence-electron chi connectivity index (χ4n) is 3.64. The Hall–Kier alpha value is -1.35. The van der Waals surface area contributed by atoms with E-state index in [1.54, 1.807) is 25.3 Å². The van der Waals surface area contributed by atoms with Gasteiger partial charge in [-0.1, -0.05) is 25.7 Å². The molecule has 0 amide bonds. The first kappa shape index (κ1) is 32.2. The Bertz CT molecular complexity index is 1140. The lowest BCUT2D eigenvalue weighted by Gasteiger charge is -2.31. The fraction of sp³-hybridized carbons (Fsp3) is 0.731. The van der Waals surface area contributed by atoms with Crippen LogP contribution in [0.1, 0.15) is 58.3 Å². The van der Waals surface area contributed by atoms with E-state index < -0.39 is 54.5 Å². The third kappa shape index (κ3) is 8.57. The lowest BCUT2D eigenvalue weighted by molar-refractivity contribution is -0.265. The van der Waals surface area contributed by atoms with Crippen LogP contribution in [0.3, 0.4) is 0 Å². The number of hydrogen-bond acceptors (Lipinski definition) is 6. The van der Waals surface area contributed by atoms with Crippen LogP contribution in [0.25, 0.3) is 11.0 Å². The van der Waals surface area contributed by atoms with Gasteiger partial charge in [-0.2, -0.15) is 13.2 Å². The Balaban J connectivity index is 2.02. The van der Waals surface area contributed by atoms with Crippen molar-refractivity contribution in [2.75, 3.05) is 26.4 Å². The smallest absolute Gasteiger partial charge is 0.364 e. The Morgan fingerprint density at radius 3 is 2.36 bits per heavy atom. The minimum absolute atomic E-state index is 0.134. The summed E-state index contributed by atoms with van der Waals surface area (Å²) >= 11 is 0. The van der Waals surface area contributed by atoms with Gasteiger partial charge in [0.1, 0.15) is 18.6 Å². The van der Waals surface area contributed by atoms with Gasteiger partial charge in [0.15, 0.2) is 11.9 Å². The average molecular weight is 594 g/mol. The Morgan fingerprint density at radius 2 is 1.79 bits per heavy atom. The molecule has 2 atom stereocenters. The van der Waals surface area contributed by atoms with Gasteiger partial charge >= 0.3 is 6.18 Å². The van der Waals surface area contributed by atoms with E-state index in [4.69, 9.17) is 23.9 Å². The molecule has 39 heavy (non-hydrogen) atoms. The molecular formula is C26H42F3N3O5SSi. The van der Waals surface area contributed by atoms with Crippen molar-refractivity contribution >= 4 is 30.1 Å². The highest BCUT2D eigenvalue weighted by Gasteiger charge is 2.49. The molecule has 1 N–H and O–H groups in total. The van der Waals surface area contributed by atoms with Crippen LogP contribution in [0.5, 0.6) is 0 Å². The van der Waals surface area contributed by atoms with E-state index >= 15 is 0 Å². The molecule has 0 radical (unpaired) electrons. The fourth-order valence-corrected chi connectivity index (χ4v) is 5.18. The first-order chi connectivity index (χ1) is 17.9. The second kappa shape index (κ2) is 12.3. The van der Waals surface area contributed by atoms with Crippen molar-refractivity contribution in [1.29, 1.82) is 0 Å². The van der Waals surface area contributed by atoms with Crippen LogP contribution in [0.2, 0.25) is 25.7 Å². The van der Waals surface area contributed by atoms with Crippen LogP contribution in [0.15, 0.2) is 18.2 Å². The number of halogens is 3. The van der Waals surface area contributed by atoms with E-state index in [1.807, 2.05) is 18.2 Å². The van der Waals surface area contributed by atoms with Crippen molar-refractivity contribution < 1.29 is 36.3 Å².